The van der Waals surface area contributed by atoms with Gasteiger partial charge in [0.1, 0.15) is 11.6 Å². The van der Waals surface area contributed by atoms with Crippen molar-refractivity contribution in [2.24, 2.45) is 5.92 Å². The number of imidazole rings is 1. The number of aromatic nitrogens is 4. The molecule has 0 amide bonds. The number of hydrogen-bond acceptors (Lipinski definition) is 8. The van der Waals surface area contributed by atoms with Crippen LogP contribution >= 0.6 is 0 Å². The minimum Gasteiger partial charge on any atom is -0.493 e. The van der Waals surface area contributed by atoms with E-state index < -0.39 is 16.1 Å². The number of H-pyrrole nitrogens is 1. The fourth-order valence-corrected chi connectivity index (χ4v) is 6.39. The quantitative estimate of drug-likeness (QED) is 0.358. The Morgan fingerprint density at radius 3 is 2.62 bits per heavy atom. The van der Waals surface area contributed by atoms with Crippen LogP contribution in [0.4, 0.5) is 0 Å². The molecule has 0 aliphatic carbocycles. The molecule has 4 rings (SSSR count). The number of nitrogens with zero attached hydrogens (tertiary/aromatic N) is 4. The number of aliphatic hydroxyl groups excluding tert-OH is 2. The molecular formula is C25H35N5O6S. The number of aryl methyl sites for hydroxylation is 2. The first-order chi connectivity index (χ1) is 17.7. The summed E-state index contributed by atoms with van der Waals surface area (Å²) in [4.78, 5) is 20.3. The van der Waals surface area contributed by atoms with Crippen LogP contribution in [0.1, 0.15) is 51.0 Å². The number of hydrogen-bond donors (Lipinski definition) is 3. The Morgan fingerprint density at radius 1 is 1.24 bits per heavy atom. The number of aliphatic hydroxyl groups is 2. The molecule has 1 aliphatic heterocycles. The molecule has 37 heavy (non-hydrogen) atoms. The number of benzene rings is 1. The largest absolute Gasteiger partial charge is 0.493 e. The lowest BCUT2D eigenvalue weighted by Crippen LogP contribution is -2.41. The minimum atomic E-state index is -3.84. The highest BCUT2D eigenvalue weighted by atomic mass is 32.2. The lowest BCUT2D eigenvalue weighted by atomic mass is 9.91. The van der Waals surface area contributed by atoms with Gasteiger partial charge < -0.3 is 19.9 Å². The van der Waals surface area contributed by atoms with Crippen molar-refractivity contribution in [1.82, 2.24) is 23.9 Å². The molecule has 3 heterocycles. The Bertz CT molecular complexity index is 1410. The number of ether oxygens (including phenoxy) is 1. The van der Waals surface area contributed by atoms with Gasteiger partial charge in [-0.05, 0) is 63.6 Å². The fraction of sp³-hybridized carbons (Fsp3) is 0.560. The molecule has 1 unspecified atom stereocenters. The average molecular weight is 534 g/mol. The summed E-state index contributed by atoms with van der Waals surface area (Å²) in [6, 6.07) is 4.57. The summed E-state index contributed by atoms with van der Waals surface area (Å²) < 4.78 is 35.8. The van der Waals surface area contributed by atoms with Crippen molar-refractivity contribution >= 4 is 15.5 Å². The van der Waals surface area contributed by atoms with Crippen LogP contribution < -0.4 is 10.3 Å². The molecule has 0 bridgehead atoms. The minimum absolute atomic E-state index is 0.0496. The molecule has 1 fully saturated rings. The van der Waals surface area contributed by atoms with Gasteiger partial charge in [-0.3, -0.25) is 4.79 Å². The molecule has 2 aromatic heterocycles. The molecule has 1 aliphatic rings. The number of piperidine rings is 1. The molecule has 0 spiro atoms. The summed E-state index contributed by atoms with van der Waals surface area (Å²) in [5, 5.41) is 23.9. The first-order valence-electron chi connectivity index (χ1n) is 12.8. The van der Waals surface area contributed by atoms with Crippen LogP contribution in [-0.2, 0) is 16.4 Å². The number of nitrogens with one attached hydrogen (secondary N) is 1. The normalized spacial score (nSPS) is 16.4. The number of aromatic amines is 1. The van der Waals surface area contributed by atoms with E-state index in [4.69, 9.17) is 9.84 Å². The van der Waals surface area contributed by atoms with Crippen LogP contribution in [0.15, 0.2) is 27.9 Å². The van der Waals surface area contributed by atoms with E-state index in [-0.39, 0.29) is 48.3 Å². The summed E-state index contributed by atoms with van der Waals surface area (Å²) in [5.41, 5.74) is 0.943. The predicted molar refractivity (Wildman–Crippen MR) is 138 cm³/mol. The maximum Gasteiger partial charge on any atom is 0.277 e. The molecule has 3 N–H and O–H groups in total. The van der Waals surface area contributed by atoms with Gasteiger partial charge in [0.25, 0.3) is 5.56 Å². The molecule has 0 saturated carbocycles. The molecule has 0 radical (unpaired) electrons. The Hall–Kier alpha value is -2.80. The zero-order valence-electron chi connectivity index (χ0n) is 21.5. The van der Waals surface area contributed by atoms with Crippen LogP contribution in [0, 0.1) is 12.8 Å². The van der Waals surface area contributed by atoms with E-state index in [0.717, 1.165) is 6.42 Å². The van der Waals surface area contributed by atoms with Crippen LogP contribution in [0.25, 0.3) is 16.9 Å². The summed E-state index contributed by atoms with van der Waals surface area (Å²) in [6.45, 7) is 6.39. The summed E-state index contributed by atoms with van der Waals surface area (Å²) in [6.07, 6.45) is 2.13. The molecule has 1 atom stereocenters. The zero-order valence-corrected chi connectivity index (χ0v) is 22.3. The Labute approximate surface area is 216 Å². The van der Waals surface area contributed by atoms with Gasteiger partial charge >= 0.3 is 0 Å². The first-order valence-corrected chi connectivity index (χ1v) is 14.2. The third-order valence-electron chi connectivity index (χ3n) is 6.83. The van der Waals surface area contributed by atoms with E-state index in [1.807, 2.05) is 13.8 Å². The second-order valence-electron chi connectivity index (χ2n) is 9.34. The van der Waals surface area contributed by atoms with Gasteiger partial charge in [-0.25, -0.2) is 17.9 Å². The highest BCUT2D eigenvalue weighted by Crippen LogP contribution is 2.33. The van der Waals surface area contributed by atoms with Gasteiger partial charge in [0, 0.05) is 26.1 Å². The summed E-state index contributed by atoms with van der Waals surface area (Å²) >= 11 is 0. The van der Waals surface area contributed by atoms with Crippen LogP contribution in [0.3, 0.4) is 0 Å². The molecule has 1 aromatic carbocycles. The molecule has 1 saturated heterocycles. The Morgan fingerprint density at radius 2 is 1.97 bits per heavy atom. The highest BCUT2D eigenvalue weighted by molar-refractivity contribution is 7.89. The highest BCUT2D eigenvalue weighted by Gasteiger charge is 2.32. The number of fused-ring (bicyclic) bond motifs is 1. The van der Waals surface area contributed by atoms with Crippen molar-refractivity contribution in [3.8, 4) is 17.1 Å². The smallest absolute Gasteiger partial charge is 0.277 e. The monoisotopic (exact) mass is 533 g/mol. The van der Waals surface area contributed by atoms with Gasteiger partial charge in [0.15, 0.2) is 11.3 Å². The van der Waals surface area contributed by atoms with E-state index in [1.54, 1.807) is 13.0 Å². The Kier molecular flexibility index (Phi) is 8.32. The first kappa shape index (κ1) is 27.2. The lowest BCUT2D eigenvalue weighted by molar-refractivity contribution is 0.0543. The van der Waals surface area contributed by atoms with E-state index in [1.165, 1.54) is 21.0 Å². The molecule has 11 nitrogen and oxygen atoms in total. The number of sulfonamides is 1. The molecular weight excluding hydrogens is 498 g/mol. The van der Waals surface area contributed by atoms with Crippen LogP contribution in [0.5, 0.6) is 5.75 Å². The van der Waals surface area contributed by atoms with E-state index in [9.17, 15) is 18.3 Å². The van der Waals surface area contributed by atoms with Gasteiger partial charge in [-0.15, -0.1) is 5.10 Å². The van der Waals surface area contributed by atoms with E-state index in [2.05, 4.69) is 15.1 Å². The molecule has 3 aromatic rings. The second kappa shape index (κ2) is 11.3. The SMILES string of the molecule is CCCc1nc(C)c2c(=O)[nH]c(-c3cc(S(=O)(=O)N4CCC(C(O)CCO)CC4)ccc3OCC)nn12. The third-order valence-corrected chi connectivity index (χ3v) is 8.72. The van der Waals surface area contributed by atoms with Gasteiger partial charge in [0.05, 0.1) is 28.9 Å². The van der Waals surface area contributed by atoms with Gasteiger partial charge in [0.2, 0.25) is 10.0 Å². The van der Waals surface area contributed by atoms with Crippen molar-refractivity contribution < 1.29 is 23.4 Å². The molecule has 12 heteroatoms. The van der Waals surface area contributed by atoms with Crippen molar-refractivity contribution in [2.75, 3.05) is 26.3 Å². The van der Waals surface area contributed by atoms with Crippen molar-refractivity contribution in [2.45, 2.75) is 63.9 Å². The predicted octanol–water partition coefficient (Wildman–Crippen LogP) is 1.89. The van der Waals surface area contributed by atoms with Crippen molar-refractivity contribution in [1.29, 1.82) is 0 Å². The third kappa shape index (κ3) is 5.42. The van der Waals surface area contributed by atoms with Gasteiger partial charge in [-0.2, -0.15) is 4.31 Å². The van der Waals surface area contributed by atoms with Crippen LogP contribution in [-0.4, -0.2) is 74.9 Å². The standard InChI is InChI=1S/C25H35N5O6S/c1-4-6-22-26-16(3)23-25(33)27-24(28-30(22)23)19-15-18(7-8-21(19)36-5-2)37(34,35)29-12-9-17(10-13-29)20(32)11-14-31/h7-8,15,17,20,31-32H,4-6,9-14H2,1-3H3,(H,27,28,33). The average Bonchev–Trinajstić information content (AvgIpc) is 3.20. The topological polar surface area (TPSA) is 150 Å². The maximum atomic E-state index is 13.5. The van der Waals surface area contributed by atoms with Gasteiger partial charge in [-0.1, -0.05) is 6.92 Å². The lowest BCUT2D eigenvalue weighted by Gasteiger charge is -2.33. The Balaban J connectivity index is 1.72. The second-order valence-corrected chi connectivity index (χ2v) is 11.3. The van der Waals surface area contributed by atoms with E-state index >= 15 is 0 Å². The number of rotatable bonds is 10. The summed E-state index contributed by atoms with van der Waals surface area (Å²) in [7, 11) is -3.84. The maximum absolute atomic E-state index is 13.5. The van der Waals surface area contributed by atoms with Crippen molar-refractivity contribution in [3.63, 3.8) is 0 Å². The summed E-state index contributed by atoms with van der Waals surface area (Å²) in [5.74, 6) is 1.21. The fourth-order valence-electron chi connectivity index (χ4n) is 4.90. The molecule has 202 valence electrons. The van der Waals surface area contributed by atoms with Crippen molar-refractivity contribution in [3.05, 3.63) is 40.1 Å². The zero-order chi connectivity index (χ0) is 26.7. The van der Waals surface area contributed by atoms with Crippen LogP contribution in [0.2, 0.25) is 0 Å². The van der Waals surface area contributed by atoms with E-state index in [0.29, 0.717) is 54.2 Å².